The van der Waals surface area contributed by atoms with Crippen molar-refractivity contribution >= 4 is 34.4 Å². The van der Waals surface area contributed by atoms with E-state index in [1.807, 2.05) is 0 Å². The number of hydrogen-bond acceptors (Lipinski definition) is 8. The molecule has 0 aliphatic heterocycles. The zero-order valence-electron chi connectivity index (χ0n) is 19.7. The number of aromatic nitrogens is 4. The molecule has 3 heterocycles. The molecule has 0 fully saturated rings. The van der Waals surface area contributed by atoms with Gasteiger partial charge in [0.05, 0.1) is 29.1 Å². The number of carbonyl (C=O) groups excluding carboxylic acids is 3. The number of alkyl halides is 3. The Bertz CT molecular complexity index is 1580. The maximum Gasteiger partial charge on any atom is 0.437 e. The van der Waals surface area contributed by atoms with Gasteiger partial charge >= 0.3 is 12.1 Å². The molecule has 3 N–H and O–H groups in total. The van der Waals surface area contributed by atoms with Crippen molar-refractivity contribution < 1.29 is 41.2 Å². The molecule has 0 atom stereocenters. The molecule has 4 rings (SSSR count). The van der Waals surface area contributed by atoms with Crippen LogP contribution in [0.2, 0.25) is 0 Å². The molecule has 1 aromatic carbocycles. The lowest BCUT2D eigenvalue weighted by atomic mass is 10.1. The number of halogens is 4. The van der Waals surface area contributed by atoms with Crippen molar-refractivity contribution in [2.45, 2.75) is 26.6 Å². The van der Waals surface area contributed by atoms with E-state index in [9.17, 15) is 31.9 Å². The second kappa shape index (κ2) is 9.91. The van der Waals surface area contributed by atoms with Gasteiger partial charge in [0.2, 0.25) is 0 Å². The summed E-state index contributed by atoms with van der Waals surface area (Å²) in [5.41, 5.74) is 2.13. The van der Waals surface area contributed by atoms with Crippen LogP contribution in [0.4, 0.5) is 23.2 Å². The summed E-state index contributed by atoms with van der Waals surface area (Å²) in [7, 11) is 0. The zero-order chi connectivity index (χ0) is 27.8. The number of ether oxygens (including phenoxy) is 1. The van der Waals surface area contributed by atoms with Gasteiger partial charge in [-0.25, -0.2) is 14.2 Å². The van der Waals surface area contributed by atoms with Crippen LogP contribution >= 0.6 is 0 Å². The second-order valence-corrected chi connectivity index (χ2v) is 7.90. The molecule has 0 aliphatic carbocycles. The van der Waals surface area contributed by atoms with Crippen LogP contribution in [0, 0.1) is 12.7 Å². The first-order valence-corrected chi connectivity index (χ1v) is 10.9. The van der Waals surface area contributed by atoms with Crippen molar-refractivity contribution in [2.24, 2.45) is 5.73 Å². The van der Waals surface area contributed by atoms with Crippen LogP contribution in [0.1, 0.15) is 55.4 Å². The Kier molecular flexibility index (Phi) is 6.85. The molecular formula is C23H18F4N6O5. The molecule has 11 nitrogen and oxygen atoms in total. The van der Waals surface area contributed by atoms with Gasteiger partial charge in [0.15, 0.2) is 17.1 Å². The van der Waals surface area contributed by atoms with E-state index in [4.69, 9.17) is 15.0 Å². The van der Waals surface area contributed by atoms with E-state index >= 15 is 0 Å². The predicted octanol–water partition coefficient (Wildman–Crippen LogP) is 3.46. The average Bonchev–Trinajstić information content (AvgIpc) is 3.43. The molecule has 198 valence electrons. The van der Waals surface area contributed by atoms with Crippen molar-refractivity contribution in [2.75, 3.05) is 11.9 Å². The SMILES string of the molecule is CCOC(=O)c1cc(Cn2nc(C(F)(F)F)c(NC(=O)c3cc(C(N)=O)nc4cc(F)ccc34)c2C)on1. The molecule has 0 bridgehead atoms. The summed E-state index contributed by atoms with van der Waals surface area (Å²) in [5, 5.41) is 9.36. The van der Waals surface area contributed by atoms with Crippen LogP contribution in [0.3, 0.4) is 0 Å². The summed E-state index contributed by atoms with van der Waals surface area (Å²) in [5.74, 6) is -3.57. The fourth-order valence-corrected chi connectivity index (χ4v) is 3.58. The highest BCUT2D eigenvalue weighted by Crippen LogP contribution is 2.36. The summed E-state index contributed by atoms with van der Waals surface area (Å²) < 4.78 is 66.0. The number of primary amides is 1. The third-order valence-corrected chi connectivity index (χ3v) is 5.33. The molecule has 0 spiro atoms. The van der Waals surface area contributed by atoms with Crippen molar-refractivity contribution in [3.8, 4) is 0 Å². The van der Waals surface area contributed by atoms with Crippen LogP contribution in [-0.2, 0) is 17.5 Å². The average molecular weight is 534 g/mol. The first-order valence-electron chi connectivity index (χ1n) is 10.9. The van der Waals surface area contributed by atoms with Crippen LogP contribution in [0.15, 0.2) is 34.9 Å². The number of nitrogens with one attached hydrogen (secondary N) is 1. The molecule has 0 unspecified atom stereocenters. The lowest BCUT2D eigenvalue weighted by Crippen LogP contribution is -2.19. The maximum atomic E-state index is 13.9. The van der Waals surface area contributed by atoms with E-state index in [0.717, 1.165) is 22.9 Å². The van der Waals surface area contributed by atoms with Crippen LogP contribution in [0.25, 0.3) is 10.9 Å². The van der Waals surface area contributed by atoms with Gasteiger partial charge in [0, 0.05) is 17.5 Å². The highest BCUT2D eigenvalue weighted by atomic mass is 19.4. The first-order chi connectivity index (χ1) is 17.9. The predicted molar refractivity (Wildman–Crippen MR) is 122 cm³/mol. The molecule has 0 aliphatic rings. The summed E-state index contributed by atoms with van der Waals surface area (Å²) in [6.45, 7) is 2.58. The second-order valence-electron chi connectivity index (χ2n) is 7.90. The Morgan fingerprint density at radius 3 is 2.55 bits per heavy atom. The van der Waals surface area contributed by atoms with Gasteiger partial charge in [-0.2, -0.15) is 18.3 Å². The fraction of sp³-hybridized carbons (Fsp3) is 0.217. The minimum Gasteiger partial charge on any atom is -0.461 e. The number of hydrogen-bond donors (Lipinski definition) is 2. The van der Waals surface area contributed by atoms with Crippen molar-refractivity contribution in [3.05, 3.63) is 70.2 Å². The van der Waals surface area contributed by atoms with Crippen molar-refractivity contribution in [3.63, 3.8) is 0 Å². The Balaban J connectivity index is 1.72. The number of carbonyl (C=O) groups is 3. The van der Waals surface area contributed by atoms with Gasteiger partial charge in [0.25, 0.3) is 11.8 Å². The van der Waals surface area contributed by atoms with Gasteiger partial charge in [-0.1, -0.05) is 5.16 Å². The fourth-order valence-electron chi connectivity index (χ4n) is 3.58. The first kappa shape index (κ1) is 26.2. The quantitative estimate of drug-likeness (QED) is 0.270. The minimum absolute atomic E-state index is 0.00138. The van der Waals surface area contributed by atoms with Gasteiger partial charge < -0.3 is 20.3 Å². The molecule has 38 heavy (non-hydrogen) atoms. The maximum absolute atomic E-state index is 13.9. The number of esters is 1. The van der Waals surface area contributed by atoms with Gasteiger partial charge in [-0.3, -0.25) is 14.3 Å². The third-order valence-electron chi connectivity index (χ3n) is 5.33. The molecular weight excluding hydrogens is 516 g/mol. The van der Waals surface area contributed by atoms with E-state index in [-0.39, 0.29) is 52.5 Å². The summed E-state index contributed by atoms with van der Waals surface area (Å²) >= 11 is 0. The van der Waals surface area contributed by atoms with E-state index in [2.05, 4.69) is 20.6 Å². The van der Waals surface area contributed by atoms with E-state index < -0.39 is 41.2 Å². The molecule has 15 heteroatoms. The molecule has 2 amide bonds. The topological polar surface area (TPSA) is 155 Å². The standard InChI is InChI=1S/C23H18F4N6O5/c1-3-37-22(36)17-7-12(38-32-17)9-33-10(2)18(19(31-33)23(25,26)27)30-21(35)14-8-16(20(28)34)29-15-6-11(24)4-5-13(14)15/h4-8H,3,9H2,1-2H3,(H2,28,34)(H,30,35). The van der Waals surface area contributed by atoms with E-state index in [1.165, 1.54) is 19.1 Å². The minimum atomic E-state index is -4.97. The van der Waals surface area contributed by atoms with Gasteiger partial charge in [0.1, 0.15) is 18.1 Å². The number of nitrogens with two attached hydrogens (primary N) is 1. The number of benzene rings is 1. The van der Waals surface area contributed by atoms with E-state index in [1.54, 1.807) is 6.92 Å². The van der Waals surface area contributed by atoms with Crippen LogP contribution < -0.4 is 11.1 Å². The monoisotopic (exact) mass is 534 g/mol. The highest BCUT2D eigenvalue weighted by Gasteiger charge is 2.39. The Morgan fingerprint density at radius 2 is 1.89 bits per heavy atom. The lowest BCUT2D eigenvalue weighted by Gasteiger charge is -2.11. The normalized spacial score (nSPS) is 11.5. The number of fused-ring (bicyclic) bond motifs is 1. The smallest absolute Gasteiger partial charge is 0.437 e. The molecule has 0 saturated carbocycles. The molecule has 3 aromatic heterocycles. The number of anilines is 1. The number of amides is 2. The number of nitrogens with zero attached hydrogens (tertiary/aromatic N) is 4. The highest BCUT2D eigenvalue weighted by molar-refractivity contribution is 6.14. The van der Waals surface area contributed by atoms with Crippen molar-refractivity contribution in [1.82, 2.24) is 19.9 Å². The number of pyridine rings is 1. The third kappa shape index (κ3) is 5.16. The number of rotatable bonds is 7. The van der Waals surface area contributed by atoms with Gasteiger partial charge in [-0.15, -0.1) is 0 Å². The van der Waals surface area contributed by atoms with Gasteiger partial charge in [-0.05, 0) is 32.0 Å². The van der Waals surface area contributed by atoms with Crippen molar-refractivity contribution in [1.29, 1.82) is 0 Å². The van der Waals surface area contributed by atoms with Crippen LogP contribution in [-0.4, -0.2) is 44.3 Å². The molecule has 0 saturated heterocycles. The van der Waals surface area contributed by atoms with Crippen LogP contribution in [0.5, 0.6) is 0 Å². The summed E-state index contributed by atoms with van der Waals surface area (Å²) in [4.78, 5) is 40.5. The largest absolute Gasteiger partial charge is 0.461 e. The molecule has 0 radical (unpaired) electrons. The Hall–Kier alpha value is -4.82. The molecule has 4 aromatic rings. The summed E-state index contributed by atoms with van der Waals surface area (Å²) in [6, 6.07) is 5.36. The summed E-state index contributed by atoms with van der Waals surface area (Å²) in [6.07, 6.45) is -4.97. The van der Waals surface area contributed by atoms with E-state index in [0.29, 0.717) is 0 Å². The Morgan fingerprint density at radius 1 is 1.16 bits per heavy atom. The lowest BCUT2D eigenvalue weighted by molar-refractivity contribution is -0.140. The Labute approximate surface area is 210 Å². The zero-order valence-corrected chi connectivity index (χ0v) is 19.7.